The van der Waals surface area contributed by atoms with Gasteiger partial charge < -0.3 is 14.8 Å². The number of esters is 1. The van der Waals surface area contributed by atoms with Crippen LogP contribution in [0.2, 0.25) is 5.02 Å². The molecule has 1 amide bonds. The Morgan fingerprint density at radius 3 is 2.23 bits per heavy atom. The minimum Gasteiger partial charge on any atom is -0.457 e. The van der Waals surface area contributed by atoms with E-state index in [4.69, 9.17) is 21.1 Å². The number of anilines is 1. The van der Waals surface area contributed by atoms with Crippen molar-refractivity contribution in [2.75, 3.05) is 18.2 Å². The Labute approximate surface area is 184 Å². The number of hydrogen-bond donors (Lipinski definition) is 1. The Bertz CT molecular complexity index is 1190. The Kier molecular flexibility index (Phi) is 6.94. The number of rotatable bonds is 7. The summed E-state index contributed by atoms with van der Waals surface area (Å²) in [7, 11) is -3.53. The summed E-state index contributed by atoms with van der Waals surface area (Å²) < 4.78 is 33.9. The van der Waals surface area contributed by atoms with Crippen LogP contribution < -0.4 is 10.1 Å². The molecule has 0 bridgehead atoms. The number of carbonyl (C=O) groups is 2. The van der Waals surface area contributed by atoms with E-state index in [1.165, 1.54) is 12.1 Å². The average molecular weight is 460 g/mol. The predicted octanol–water partition coefficient (Wildman–Crippen LogP) is 4.33. The number of hydrogen-bond acceptors (Lipinski definition) is 6. The predicted molar refractivity (Wildman–Crippen MR) is 116 cm³/mol. The second kappa shape index (κ2) is 9.63. The first-order valence-electron chi connectivity index (χ1n) is 9.02. The molecule has 0 heterocycles. The van der Waals surface area contributed by atoms with Gasteiger partial charge in [0.15, 0.2) is 16.4 Å². The number of sulfone groups is 1. The van der Waals surface area contributed by atoms with E-state index in [0.717, 1.165) is 12.3 Å². The second-order valence-corrected chi connectivity index (χ2v) is 8.90. The molecular weight excluding hydrogens is 442 g/mol. The molecule has 0 spiro atoms. The van der Waals surface area contributed by atoms with Crippen LogP contribution in [0.5, 0.6) is 11.5 Å². The van der Waals surface area contributed by atoms with Gasteiger partial charge in [-0.2, -0.15) is 0 Å². The molecule has 0 saturated heterocycles. The van der Waals surface area contributed by atoms with E-state index < -0.39 is 28.3 Å². The zero-order valence-corrected chi connectivity index (χ0v) is 17.9. The molecule has 0 unspecified atom stereocenters. The van der Waals surface area contributed by atoms with Gasteiger partial charge in [-0.25, -0.2) is 13.2 Å². The molecule has 3 rings (SSSR count). The number of amides is 1. The van der Waals surface area contributed by atoms with Crippen molar-refractivity contribution in [3.63, 3.8) is 0 Å². The molecule has 0 atom stereocenters. The van der Waals surface area contributed by atoms with E-state index >= 15 is 0 Å². The molecule has 7 nitrogen and oxygen atoms in total. The third-order valence-electron chi connectivity index (χ3n) is 4.04. The minimum atomic E-state index is -3.53. The Hall–Kier alpha value is -3.36. The molecule has 0 aliphatic rings. The van der Waals surface area contributed by atoms with Crippen molar-refractivity contribution in [2.45, 2.75) is 4.90 Å². The Morgan fingerprint density at radius 2 is 1.58 bits per heavy atom. The van der Waals surface area contributed by atoms with Crippen LogP contribution in [0.4, 0.5) is 5.69 Å². The average Bonchev–Trinajstić information content (AvgIpc) is 2.74. The summed E-state index contributed by atoms with van der Waals surface area (Å²) in [6.45, 7) is -0.569. The van der Waals surface area contributed by atoms with Crippen molar-refractivity contribution in [2.24, 2.45) is 0 Å². The maximum Gasteiger partial charge on any atom is 0.340 e. The number of ether oxygens (including phenoxy) is 2. The van der Waals surface area contributed by atoms with Gasteiger partial charge in [0.1, 0.15) is 11.5 Å². The van der Waals surface area contributed by atoms with E-state index in [9.17, 15) is 18.0 Å². The summed E-state index contributed by atoms with van der Waals surface area (Å²) in [6.07, 6.45) is 1.01. The van der Waals surface area contributed by atoms with Crippen molar-refractivity contribution in [1.82, 2.24) is 0 Å². The highest BCUT2D eigenvalue weighted by atomic mass is 35.5. The molecule has 160 valence electrons. The number of para-hydroxylation sites is 1. The van der Waals surface area contributed by atoms with Gasteiger partial charge in [0.05, 0.1) is 15.5 Å². The highest BCUT2D eigenvalue weighted by Crippen LogP contribution is 2.23. The second-order valence-electron chi connectivity index (χ2n) is 6.48. The summed E-state index contributed by atoms with van der Waals surface area (Å²) in [6, 6.07) is 19.6. The van der Waals surface area contributed by atoms with Crippen LogP contribution >= 0.6 is 11.6 Å². The zero-order chi connectivity index (χ0) is 22.4. The van der Waals surface area contributed by atoms with Crippen LogP contribution in [0.15, 0.2) is 77.7 Å². The third-order valence-corrected chi connectivity index (χ3v) is 5.48. The van der Waals surface area contributed by atoms with Crippen LogP contribution in [0.1, 0.15) is 10.4 Å². The van der Waals surface area contributed by atoms with Crippen LogP contribution in [0.25, 0.3) is 0 Å². The van der Waals surface area contributed by atoms with Gasteiger partial charge in [-0.15, -0.1) is 0 Å². The molecule has 1 N–H and O–H groups in total. The van der Waals surface area contributed by atoms with E-state index in [1.807, 2.05) is 30.3 Å². The number of nitrogens with one attached hydrogen (secondary N) is 1. The molecule has 9 heteroatoms. The number of benzene rings is 3. The first kappa shape index (κ1) is 22.3. The molecule has 0 fully saturated rings. The van der Waals surface area contributed by atoms with Crippen molar-refractivity contribution < 1.29 is 27.5 Å². The highest BCUT2D eigenvalue weighted by Gasteiger charge is 2.17. The number of carbonyl (C=O) groups excluding carboxylic acids is 2. The van der Waals surface area contributed by atoms with Gasteiger partial charge in [-0.1, -0.05) is 29.8 Å². The molecule has 3 aromatic carbocycles. The summed E-state index contributed by atoms with van der Waals surface area (Å²) in [4.78, 5) is 24.2. The minimum absolute atomic E-state index is 0.0202. The van der Waals surface area contributed by atoms with Gasteiger partial charge in [0.25, 0.3) is 5.91 Å². The smallest absolute Gasteiger partial charge is 0.340 e. The van der Waals surface area contributed by atoms with Gasteiger partial charge in [0.2, 0.25) is 0 Å². The third kappa shape index (κ3) is 6.31. The van der Waals surface area contributed by atoms with Gasteiger partial charge >= 0.3 is 5.97 Å². The topological polar surface area (TPSA) is 98.8 Å². The van der Waals surface area contributed by atoms with Crippen LogP contribution in [-0.2, 0) is 19.4 Å². The normalized spacial score (nSPS) is 10.9. The van der Waals surface area contributed by atoms with E-state index in [1.54, 1.807) is 24.3 Å². The maximum absolute atomic E-state index is 12.2. The first-order valence-corrected chi connectivity index (χ1v) is 11.3. The lowest BCUT2D eigenvalue weighted by molar-refractivity contribution is -0.119. The van der Waals surface area contributed by atoms with Crippen molar-refractivity contribution in [1.29, 1.82) is 0 Å². The van der Waals surface area contributed by atoms with Crippen LogP contribution in [0, 0.1) is 0 Å². The zero-order valence-electron chi connectivity index (χ0n) is 16.4. The van der Waals surface area contributed by atoms with Gasteiger partial charge in [-0.05, 0) is 54.6 Å². The molecule has 0 aromatic heterocycles. The van der Waals surface area contributed by atoms with Crippen molar-refractivity contribution >= 4 is 39.0 Å². The SMILES string of the molecule is CS(=O)(=O)c1ccc(Cl)c(C(=O)OCC(=O)Nc2ccc(Oc3ccccc3)cc2)c1. The molecule has 0 aliphatic heterocycles. The van der Waals surface area contributed by atoms with Crippen molar-refractivity contribution in [3.05, 3.63) is 83.4 Å². The largest absolute Gasteiger partial charge is 0.457 e. The Balaban J connectivity index is 1.56. The quantitative estimate of drug-likeness (QED) is 0.528. The van der Waals surface area contributed by atoms with Crippen molar-refractivity contribution in [3.8, 4) is 11.5 Å². The highest BCUT2D eigenvalue weighted by molar-refractivity contribution is 7.90. The van der Waals surface area contributed by atoms with Gasteiger partial charge in [-0.3, -0.25) is 4.79 Å². The molecule has 0 radical (unpaired) electrons. The number of halogens is 1. The summed E-state index contributed by atoms with van der Waals surface area (Å²) in [5.41, 5.74) is 0.346. The lowest BCUT2D eigenvalue weighted by Gasteiger charge is -2.09. The molecule has 0 aliphatic carbocycles. The summed E-state index contributed by atoms with van der Waals surface area (Å²) in [5, 5.41) is 2.61. The molecule has 0 saturated carbocycles. The fraction of sp³-hybridized carbons (Fsp3) is 0.0909. The standard InChI is InChI=1S/C22H18ClNO6S/c1-31(27,28)18-11-12-20(23)19(13-18)22(26)29-14-21(25)24-15-7-9-17(10-8-15)30-16-5-3-2-4-6-16/h2-13H,14H2,1H3,(H,24,25). The van der Waals surface area contributed by atoms with E-state index in [-0.39, 0.29) is 15.5 Å². The first-order chi connectivity index (χ1) is 14.7. The van der Waals surface area contributed by atoms with E-state index in [2.05, 4.69) is 5.32 Å². The maximum atomic E-state index is 12.2. The fourth-order valence-electron chi connectivity index (χ4n) is 2.53. The van der Waals surface area contributed by atoms with Crippen LogP contribution in [0.3, 0.4) is 0 Å². The monoisotopic (exact) mass is 459 g/mol. The van der Waals surface area contributed by atoms with Crippen LogP contribution in [-0.4, -0.2) is 33.2 Å². The lowest BCUT2D eigenvalue weighted by atomic mass is 10.2. The molecule has 31 heavy (non-hydrogen) atoms. The molecular formula is C22H18ClNO6S. The van der Waals surface area contributed by atoms with Gasteiger partial charge in [0, 0.05) is 11.9 Å². The summed E-state index contributed by atoms with van der Waals surface area (Å²) in [5.74, 6) is -0.196. The molecule has 3 aromatic rings. The lowest BCUT2D eigenvalue weighted by Crippen LogP contribution is -2.21. The summed E-state index contributed by atoms with van der Waals surface area (Å²) >= 11 is 5.95. The fourth-order valence-corrected chi connectivity index (χ4v) is 3.37. The van der Waals surface area contributed by atoms with E-state index in [0.29, 0.717) is 17.2 Å². The Morgan fingerprint density at radius 1 is 0.935 bits per heavy atom.